The maximum absolute atomic E-state index is 12.2. The molecule has 0 radical (unpaired) electrons. The molecule has 3 heteroatoms. The van der Waals surface area contributed by atoms with E-state index in [0.717, 1.165) is 25.3 Å². The molecule has 0 spiro atoms. The van der Waals surface area contributed by atoms with Gasteiger partial charge in [0, 0.05) is 18.0 Å². The second-order valence-electron chi connectivity index (χ2n) is 6.05. The lowest BCUT2D eigenvalue weighted by Crippen LogP contribution is -2.46. The molecule has 2 rings (SSSR count). The number of hydrogen-bond acceptors (Lipinski definition) is 2. The Morgan fingerprint density at radius 3 is 2.71 bits per heavy atom. The maximum atomic E-state index is 12.2. The number of rotatable bonds is 2. The van der Waals surface area contributed by atoms with Gasteiger partial charge in [-0.2, -0.15) is 0 Å². The summed E-state index contributed by atoms with van der Waals surface area (Å²) in [7, 11) is 0. The van der Waals surface area contributed by atoms with Crippen LogP contribution in [-0.4, -0.2) is 24.5 Å². The number of nitrogens with one attached hydrogen (secondary N) is 2. The first-order chi connectivity index (χ1) is 8.15. The predicted octanol–water partition coefficient (Wildman–Crippen LogP) is 2.07. The van der Waals surface area contributed by atoms with Crippen LogP contribution >= 0.6 is 0 Å². The third-order valence-electron chi connectivity index (χ3n) is 4.28. The molecule has 0 bridgehead atoms. The Kier molecular flexibility index (Phi) is 4.43. The molecular weight excluding hydrogens is 212 g/mol. The number of carbonyl (C=O) groups excluding carboxylic acids is 1. The van der Waals surface area contributed by atoms with Gasteiger partial charge in [0.1, 0.15) is 0 Å². The largest absolute Gasteiger partial charge is 0.353 e. The quantitative estimate of drug-likeness (QED) is 0.773. The Morgan fingerprint density at radius 1 is 1.18 bits per heavy atom. The van der Waals surface area contributed by atoms with Gasteiger partial charge in [0.05, 0.1) is 0 Å². The Bertz CT molecular complexity index is 267. The van der Waals surface area contributed by atoms with Crippen LogP contribution in [0.1, 0.15) is 52.4 Å². The zero-order valence-electron chi connectivity index (χ0n) is 11.2. The van der Waals surface area contributed by atoms with Gasteiger partial charge in [0.25, 0.3) is 0 Å². The van der Waals surface area contributed by atoms with Crippen LogP contribution in [0, 0.1) is 11.8 Å². The second kappa shape index (κ2) is 5.85. The van der Waals surface area contributed by atoms with Crippen molar-refractivity contribution in [3.8, 4) is 0 Å². The Hall–Kier alpha value is -0.570. The van der Waals surface area contributed by atoms with E-state index >= 15 is 0 Å². The van der Waals surface area contributed by atoms with Crippen LogP contribution in [0.15, 0.2) is 0 Å². The second-order valence-corrected chi connectivity index (χ2v) is 6.05. The average Bonchev–Trinajstić information content (AvgIpc) is 2.29. The molecule has 1 aliphatic heterocycles. The molecule has 2 N–H and O–H groups in total. The van der Waals surface area contributed by atoms with Gasteiger partial charge in [-0.15, -0.1) is 0 Å². The van der Waals surface area contributed by atoms with Crippen LogP contribution < -0.4 is 10.6 Å². The minimum absolute atomic E-state index is 0.239. The Morgan fingerprint density at radius 2 is 2.00 bits per heavy atom. The van der Waals surface area contributed by atoms with Gasteiger partial charge in [-0.05, 0) is 45.1 Å². The van der Waals surface area contributed by atoms with Crippen molar-refractivity contribution in [3.05, 3.63) is 0 Å². The molecule has 0 aromatic rings. The fraction of sp³-hybridized carbons (Fsp3) is 0.929. The number of carbonyl (C=O) groups is 1. The third-order valence-corrected chi connectivity index (χ3v) is 4.28. The lowest BCUT2D eigenvalue weighted by Gasteiger charge is -2.31. The molecular formula is C14H26N2O. The van der Waals surface area contributed by atoms with Crippen LogP contribution in [0.2, 0.25) is 0 Å². The third kappa shape index (κ3) is 3.70. The molecule has 1 saturated heterocycles. The summed E-state index contributed by atoms with van der Waals surface area (Å²) in [5.41, 5.74) is 0. The van der Waals surface area contributed by atoms with Gasteiger partial charge >= 0.3 is 0 Å². The van der Waals surface area contributed by atoms with Crippen molar-refractivity contribution in [1.82, 2.24) is 10.6 Å². The fourth-order valence-electron chi connectivity index (χ4n) is 3.25. The molecule has 1 amide bonds. The van der Waals surface area contributed by atoms with Crippen LogP contribution in [0.25, 0.3) is 0 Å². The fourth-order valence-corrected chi connectivity index (χ4v) is 3.25. The summed E-state index contributed by atoms with van der Waals surface area (Å²) < 4.78 is 0. The molecule has 0 aromatic carbocycles. The molecule has 2 aliphatic rings. The highest BCUT2D eigenvalue weighted by Crippen LogP contribution is 2.24. The number of piperidine rings is 1. The zero-order valence-corrected chi connectivity index (χ0v) is 11.2. The molecule has 98 valence electrons. The summed E-state index contributed by atoms with van der Waals surface area (Å²) >= 11 is 0. The normalized spacial score (nSPS) is 38.7. The van der Waals surface area contributed by atoms with E-state index in [0.29, 0.717) is 18.0 Å². The van der Waals surface area contributed by atoms with Crippen molar-refractivity contribution in [2.75, 3.05) is 6.54 Å². The molecule has 3 nitrogen and oxygen atoms in total. The minimum Gasteiger partial charge on any atom is -0.353 e. The zero-order chi connectivity index (χ0) is 12.3. The summed E-state index contributed by atoms with van der Waals surface area (Å²) in [6.45, 7) is 5.45. The van der Waals surface area contributed by atoms with Gasteiger partial charge in [-0.25, -0.2) is 0 Å². The van der Waals surface area contributed by atoms with Gasteiger partial charge in [0.2, 0.25) is 5.91 Å². The SMILES string of the molecule is CC1CCCC(NC(=O)C2CCNC(C)C2)C1. The van der Waals surface area contributed by atoms with E-state index in [1.165, 1.54) is 25.7 Å². The number of amides is 1. The maximum Gasteiger partial charge on any atom is 0.223 e. The highest BCUT2D eigenvalue weighted by Gasteiger charge is 2.27. The van der Waals surface area contributed by atoms with Gasteiger partial charge in [0.15, 0.2) is 0 Å². The summed E-state index contributed by atoms with van der Waals surface area (Å²) in [4.78, 5) is 12.2. The predicted molar refractivity (Wildman–Crippen MR) is 69.8 cm³/mol. The van der Waals surface area contributed by atoms with Crippen LogP contribution in [0.4, 0.5) is 0 Å². The van der Waals surface area contributed by atoms with E-state index in [4.69, 9.17) is 0 Å². The minimum atomic E-state index is 0.239. The molecule has 4 unspecified atom stereocenters. The standard InChI is InChI=1S/C14H26N2O/c1-10-4-3-5-13(8-10)16-14(17)12-6-7-15-11(2)9-12/h10-13,15H,3-9H2,1-2H3,(H,16,17). The van der Waals surface area contributed by atoms with E-state index in [2.05, 4.69) is 24.5 Å². The summed E-state index contributed by atoms with van der Waals surface area (Å²) in [6.07, 6.45) is 6.95. The molecule has 1 aliphatic carbocycles. The van der Waals surface area contributed by atoms with E-state index in [1.807, 2.05) is 0 Å². The topological polar surface area (TPSA) is 41.1 Å². The molecule has 1 heterocycles. The van der Waals surface area contributed by atoms with Crippen LogP contribution in [0.3, 0.4) is 0 Å². The summed E-state index contributed by atoms with van der Waals surface area (Å²) in [6, 6.07) is 0.932. The Labute approximate surface area is 105 Å². The smallest absolute Gasteiger partial charge is 0.223 e. The van der Waals surface area contributed by atoms with Crippen molar-refractivity contribution in [1.29, 1.82) is 0 Å². The van der Waals surface area contributed by atoms with Crippen molar-refractivity contribution in [2.24, 2.45) is 11.8 Å². The molecule has 17 heavy (non-hydrogen) atoms. The van der Waals surface area contributed by atoms with Crippen LogP contribution in [-0.2, 0) is 4.79 Å². The van der Waals surface area contributed by atoms with E-state index < -0.39 is 0 Å². The van der Waals surface area contributed by atoms with Gasteiger partial charge in [-0.3, -0.25) is 4.79 Å². The van der Waals surface area contributed by atoms with Crippen molar-refractivity contribution >= 4 is 5.91 Å². The van der Waals surface area contributed by atoms with E-state index in [-0.39, 0.29) is 5.92 Å². The lowest BCUT2D eigenvalue weighted by atomic mass is 9.86. The highest BCUT2D eigenvalue weighted by atomic mass is 16.1. The summed E-state index contributed by atoms with van der Waals surface area (Å²) in [5, 5.41) is 6.67. The first kappa shape index (κ1) is 12.9. The first-order valence-corrected chi connectivity index (χ1v) is 7.19. The monoisotopic (exact) mass is 238 g/mol. The van der Waals surface area contributed by atoms with Gasteiger partial charge < -0.3 is 10.6 Å². The lowest BCUT2D eigenvalue weighted by molar-refractivity contribution is -0.127. The van der Waals surface area contributed by atoms with Crippen molar-refractivity contribution in [3.63, 3.8) is 0 Å². The van der Waals surface area contributed by atoms with Gasteiger partial charge in [-0.1, -0.05) is 19.8 Å². The van der Waals surface area contributed by atoms with Crippen LogP contribution in [0.5, 0.6) is 0 Å². The molecule has 1 saturated carbocycles. The van der Waals surface area contributed by atoms with Crippen molar-refractivity contribution in [2.45, 2.75) is 64.5 Å². The van der Waals surface area contributed by atoms with Crippen molar-refractivity contribution < 1.29 is 4.79 Å². The molecule has 2 fully saturated rings. The number of hydrogen-bond donors (Lipinski definition) is 2. The summed E-state index contributed by atoms with van der Waals surface area (Å²) in [5.74, 6) is 1.32. The van der Waals surface area contributed by atoms with E-state index in [9.17, 15) is 4.79 Å². The average molecular weight is 238 g/mol. The molecule has 0 aromatic heterocycles. The Balaban J connectivity index is 1.79. The highest BCUT2D eigenvalue weighted by molar-refractivity contribution is 5.79. The van der Waals surface area contributed by atoms with E-state index in [1.54, 1.807) is 0 Å². The molecule has 4 atom stereocenters. The first-order valence-electron chi connectivity index (χ1n) is 7.19.